The van der Waals surface area contributed by atoms with Crippen LogP contribution in [0, 0.1) is 0 Å². The minimum Gasteiger partial charge on any atom is -0.479 e. The number of carboxylic acids is 1. The Hall–Kier alpha value is -4.10. The van der Waals surface area contributed by atoms with Gasteiger partial charge in [0.25, 0.3) is 0 Å². The molecular weight excluding hydrogens is 997 g/mol. The van der Waals surface area contributed by atoms with E-state index in [2.05, 4.69) is 106 Å². The van der Waals surface area contributed by atoms with Gasteiger partial charge in [0.05, 0.1) is 6.61 Å². The molecule has 12 nitrogen and oxygen atoms in total. The lowest BCUT2D eigenvalue weighted by molar-refractivity contribution is -0.301. The molecule has 1 fully saturated rings. The second-order valence-corrected chi connectivity index (χ2v) is 21.3. The van der Waals surface area contributed by atoms with Crippen LogP contribution in [0.25, 0.3) is 0 Å². The molecular formula is C67H112O12. The average Bonchev–Trinajstić information content (AvgIpc) is 3.44. The molecule has 0 aromatic heterocycles. The number of hydrogen-bond donors (Lipinski definition) is 3. The molecule has 6 atom stereocenters. The molecule has 0 amide bonds. The summed E-state index contributed by atoms with van der Waals surface area (Å²) in [5.41, 5.74) is 0. The lowest BCUT2D eigenvalue weighted by Gasteiger charge is -2.40. The van der Waals surface area contributed by atoms with Gasteiger partial charge in [-0.05, 0) is 89.9 Å². The largest absolute Gasteiger partial charge is 0.479 e. The maximum Gasteiger partial charge on any atom is 0.335 e. The first-order chi connectivity index (χ1) is 38.6. The van der Waals surface area contributed by atoms with Crippen molar-refractivity contribution in [3.63, 3.8) is 0 Å². The zero-order chi connectivity index (χ0) is 57.5. The van der Waals surface area contributed by atoms with Crippen LogP contribution in [0.15, 0.2) is 85.1 Å². The quantitative estimate of drug-likeness (QED) is 0.0228. The Bertz CT molecular complexity index is 1700. The number of allylic oxidation sites excluding steroid dienone is 14. The first-order valence-corrected chi connectivity index (χ1v) is 31.6. The smallest absolute Gasteiger partial charge is 0.335 e. The molecule has 0 radical (unpaired) electrons. The van der Waals surface area contributed by atoms with Crippen molar-refractivity contribution in [1.29, 1.82) is 0 Å². The molecule has 0 bridgehead atoms. The molecule has 0 aliphatic carbocycles. The van der Waals surface area contributed by atoms with Gasteiger partial charge < -0.3 is 39.0 Å². The Morgan fingerprint density at radius 2 is 0.797 bits per heavy atom. The summed E-state index contributed by atoms with van der Waals surface area (Å²) in [7, 11) is 0. The average molecular weight is 1110 g/mol. The summed E-state index contributed by atoms with van der Waals surface area (Å²) >= 11 is 0. The van der Waals surface area contributed by atoms with Crippen molar-refractivity contribution in [1.82, 2.24) is 0 Å². The fraction of sp³-hybridized carbons (Fsp3) is 0.731. The summed E-state index contributed by atoms with van der Waals surface area (Å²) in [6.07, 6.45) is 58.4. The summed E-state index contributed by atoms with van der Waals surface area (Å²) in [5, 5.41) is 31.5. The summed E-state index contributed by atoms with van der Waals surface area (Å²) in [5.74, 6) is -3.17. The van der Waals surface area contributed by atoms with Gasteiger partial charge in [0.15, 0.2) is 24.6 Å². The van der Waals surface area contributed by atoms with Crippen LogP contribution in [0.2, 0.25) is 0 Å². The standard InChI is InChI=1S/C67H112O12/c1-4-7-10-13-16-19-22-25-27-29-30-32-33-36-38-41-44-47-50-53-59(68)75-56-58(77-60(69)54-51-48-45-42-40-37-34-31-28-26-23-20-17-14-11-8-5-2)57-76-67-65(63(72)62(71)64(79-67)66(73)74)78-61(70)55-52-49-46-43-39-35-24-21-18-15-12-9-6-3/h7,9-10,12,16,18-19,21,25,27,30,32,35,39,58,62-65,67,71-72H,4-6,8,11,13-15,17,20,22-24,26,28-29,31,33-34,36-38,40-57H2,1-3H3,(H,73,74)/b10-7-,12-9-,19-16-,21-18-,27-25-,32-30-,39-35-. The number of aliphatic hydroxyl groups is 2. The number of carboxylic acid groups (broad SMARTS) is 1. The van der Waals surface area contributed by atoms with Crippen molar-refractivity contribution in [2.75, 3.05) is 13.2 Å². The second-order valence-electron chi connectivity index (χ2n) is 21.3. The van der Waals surface area contributed by atoms with Gasteiger partial charge in [0.1, 0.15) is 18.8 Å². The molecule has 79 heavy (non-hydrogen) atoms. The molecule has 1 aliphatic rings. The third kappa shape index (κ3) is 44.3. The van der Waals surface area contributed by atoms with E-state index in [1.807, 2.05) is 0 Å². The summed E-state index contributed by atoms with van der Waals surface area (Å²) in [6.45, 7) is 5.76. The molecule has 452 valence electrons. The molecule has 1 heterocycles. The van der Waals surface area contributed by atoms with Gasteiger partial charge >= 0.3 is 23.9 Å². The molecule has 1 saturated heterocycles. The third-order valence-electron chi connectivity index (χ3n) is 14.0. The topological polar surface area (TPSA) is 175 Å². The number of carbonyl (C=O) groups excluding carboxylic acids is 3. The summed E-state index contributed by atoms with van der Waals surface area (Å²) < 4.78 is 28.5. The highest BCUT2D eigenvalue weighted by Gasteiger charge is 2.50. The normalized spacial score (nSPS) is 18.4. The van der Waals surface area contributed by atoms with Crippen molar-refractivity contribution in [3.8, 4) is 0 Å². The number of rotatable bonds is 53. The molecule has 0 saturated carbocycles. The van der Waals surface area contributed by atoms with E-state index in [9.17, 15) is 34.5 Å². The number of carbonyl (C=O) groups is 4. The Kier molecular flexibility index (Phi) is 50.3. The maximum absolute atomic E-state index is 13.2. The number of aliphatic hydroxyl groups excluding tert-OH is 2. The van der Waals surface area contributed by atoms with Crippen molar-refractivity contribution >= 4 is 23.9 Å². The van der Waals surface area contributed by atoms with E-state index in [0.717, 1.165) is 122 Å². The number of unbranched alkanes of at least 4 members (excludes halogenated alkanes) is 25. The van der Waals surface area contributed by atoms with Crippen LogP contribution in [0.5, 0.6) is 0 Å². The van der Waals surface area contributed by atoms with Crippen LogP contribution in [0.4, 0.5) is 0 Å². The lowest BCUT2D eigenvalue weighted by atomic mass is 9.98. The summed E-state index contributed by atoms with van der Waals surface area (Å²) in [4.78, 5) is 51.2. The van der Waals surface area contributed by atoms with E-state index in [0.29, 0.717) is 19.3 Å². The molecule has 1 aliphatic heterocycles. The number of aliphatic carboxylic acids is 1. The van der Waals surface area contributed by atoms with E-state index >= 15 is 0 Å². The van der Waals surface area contributed by atoms with Crippen molar-refractivity contribution in [3.05, 3.63) is 85.1 Å². The Morgan fingerprint density at radius 3 is 1.23 bits per heavy atom. The van der Waals surface area contributed by atoms with Gasteiger partial charge in [-0.1, -0.05) is 241 Å². The fourth-order valence-corrected chi connectivity index (χ4v) is 9.20. The van der Waals surface area contributed by atoms with Gasteiger partial charge in [-0.3, -0.25) is 14.4 Å². The van der Waals surface area contributed by atoms with Gasteiger partial charge in [0.2, 0.25) is 0 Å². The molecule has 0 aromatic carbocycles. The van der Waals surface area contributed by atoms with Crippen LogP contribution in [0.3, 0.4) is 0 Å². The van der Waals surface area contributed by atoms with Crippen LogP contribution in [-0.4, -0.2) is 89.2 Å². The van der Waals surface area contributed by atoms with Crippen LogP contribution < -0.4 is 0 Å². The highest BCUT2D eigenvalue weighted by Crippen LogP contribution is 2.26. The zero-order valence-corrected chi connectivity index (χ0v) is 49.8. The van der Waals surface area contributed by atoms with Crippen LogP contribution >= 0.6 is 0 Å². The van der Waals surface area contributed by atoms with Crippen molar-refractivity contribution < 1.29 is 58.2 Å². The number of hydrogen-bond acceptors (Lipinski definition) is 11. The monoisotopic (exact) mass is 1110 g/mol. The van der Waals surface area contributed by atoms with Crippen LogP contribution in [0.1, 0.15) is 265 Å². The van der Waals surface area contributed by atoms with Crippen molar-refractivity contribution in [2.45, 2.75) is 302 Å². The van der Waals surface area contributed by atoms with Gasteiger partial charge in [-0.25, -0.2) is 4.79 Å². The van der Waals surface area contributed by atoms with Gasteiger partial charge in [-0.15, -0.1) is 0 Å². The highest BCUT2D eigenvalue weighted by atomic mass is 16.7. The predicted molar refractivity (Wildman–Crippen MR) is 321 cm³/mol. The number of esters is 3. The fourth-order valence-electron chi connectivity index (χ4n) is 9.20. The molecule has 0 aromatic rings. The van der Waals surface area contributed by atoms with E-state index in [4.69, 9.17) is 23.7 Å². The van der Waals surface area contributed by atoms with Gasteiger partial charge in [0, 0.05) is 19.3 Å². The van der Waals surface area contributed by atoms with E-state index in [1.54, 1.807) is 0 Å². The molecule has 12 heteroatoms. The van der Waals surface area contributed by atoms with Gasteiger partial charge in [-0.2, -0.15) is 0 Å². The minimum atomic E-state index is -1.92. The van der Waals surface area contributed by atoms with E-state index in [-0.39, 0.29) is 25.9 Å². The minimum absolute atomic E-state index is 0.0222. The first-order valence-electron chi connectivity index (χ1n) is 31.6. The zero-order valence-electron chi connectivity index (χ0n) is 49.8. The lowest BCUT2D eigenvalue weighted by Crippen LogP contribution is -2.61. The third-order valence-corrected chi connectivity index (χ3v) is 14.0. The first kappa shape index (κ1) is 72.9. The van der Waals surface area contributed by atoms with E-state index < -0.39 is 67.3 Å². The van der Waals surface area contributed by atoms with Crippen LogP contribution in [-0.2, 0) is 42.9 Å². The molecule has 3 N–H and O–H groups in total. The second kappa shape index (κ2) is 54.5. The molecule has 1 rings (SSSR count). The summed E-state index contributed by atoms with van der Waals surface area (Å²) in [6, 6.07) is 0. The molecule has 6 unspecified atom stereocenters. The maximum atomic E-state index is 13.2. The number of ether oxygens (including phenoxy) is 5. The Labute approximate surface area is 480 Å². The predicted octanol–water partition coefficient (Wildman–Crippen LogP) is 16.7. The molecule has 0 spiro atoms. The highest BCUT2D eigenvalue weighted by molar-refractivity contribution is 5.74. The Morgan fingerprint density at radius 1 is 0.430 bits per heavy atom. The van der Waals surface area contributed by atoms with E-state index in [1.165, 1.54) is 83.5 Å². The SMILES string of the molecule is CC/C=C\C/C=C\C/C=C\C/C=C\CCCCCCCCC(=O)OCC(COC1OC(C(=O)O)C(O)C(O)C1OC(=O)CCCCC/C=C\C/C=C\C/C=C\CC)OC(=O)CCCCCCCCCCCCCCCCCCC. The Balaban J connectivity index is 2.68. The van der Waals surface area contributed by atoms with Crippen molar-refractivity contribution in [2.24, 2.45) is 0 Å².